The monoisotopic (exact) mass is 260 g/mol. The maximum absolute atomic E-state index is 11.3. The second-order valence-corrected chi connectivity index (χ2v) is 4.07. The Morgan fingerprint density at radius 3 is 3.00 bits per heavy atom. The summed E-state index contributed by atoms with van der Waals surface area (Å²) < 4.78 is 5.71. The third-order valence-corrected chi connectivity index (χ3v) is 3.17. The normalized spacial score (nSPS) is 15.1. The highest BCUT2D eigenvalue weighted by molar-refractivity contribution is 9.10. The lowest BCUT2D eigenvalue weighted by Gasteiger charge is -2.16. The molecule has 0 aromatic heterocycles. The van der Waals surface area contributed by atoms with Crippen molar-refractivity contribution >= 4 is 33.5 Å². The van der Waals surface area contributed by atoms with Crippen LogP contribution in [-0.2, 0) is 11.2 Å². The predicted molar refractivity (Wildman–Crippen MR) is 53.1 cm³/mol. The van der Waals surface area contributed by atoms with Crippen molar-refractivity contribution in [2.75, 3.05) is 6.61 Å². The number of benzene rings is 1. The van der Waals surface area contributed by atoms with Crippen LogP contribution in [0.3, 0.4) is 0 Å². The minimum absolute atomic E-state index is 0.282. The molecule has 0 unspecified atom stereocenters. The average molecular weight is 262 g/mol. The van der Waals surface area contributed by atoms with E-state index in [0.29, 0.717) is 17.2 Å². The van der Waals surface area contributed by atoms with Crippen LogP contribution in [0.5, 0.6) is 0 Å². The topological polar surface area (TPSA) is 26.3 Å². The van der Waals surface area contributed by atoms with Gasteiger partial charge in [0, 0.05) is 10.9 Å². The Morgan fingerprint density at radius 2 is 2.23 bits per heavy atom. The molecular weight excluding hydrogens is 255 g/mol. The summed E-state index contributed by atoms with van der Waals surface area (Å²) in [5, 5.41) is 0.539. The van der Waals surface area contributed by atoms with Crippen LogP contribution in [-0.4, -0.2) is 12.6 Å². The van der Waals surface area contributed by atoms with Crippen molar-refractivity contribution in [1.29, 1.82) is 0 Å². The summed E-state index contributed by atoms with van der Waals surface area (Å²) in [6.45, 7) is 0.458. The van der Waals surface area contributed by atoms with E-state index in [0.717, 1.165) is 16.5 Å². The third kappa shape index (κ3) is 1.58. The van der Waals surface area contributed by atoms with Gasteiger partial charge < -0.3 is 4.74 Å². The largest absolute Gasteiger partial charge is 0.462 e. The van der Waals surface area contributed by atoms with E-state index in [1.54, 1.807) is 6.07 Å². The number of ether oxygens (including phenoxy) is 1. The quantitative estimate of drug-likeness (QED) is 0.671. The molecule has 13 heavy (non-hydrogen) atoms. The maximum atomic E-state index is 11.3. The van der Waals surface area contributed by atoms with Gasteiger partial charge in [0.05, 0.1) is 17.2 Å². The highest BCUT2D eigenvalue weighted by Crippen LogP contribution is 2.28. The summed E-state index contributed by atoms with van der Waals surface area (Å²) in [4.78, 5) is 11.3. The molecule has 0 saturated heterocycles. The molecule has 2 rings (SSSR count). The third-order valence-electron chi connectivity index (χ3n) is 1.97. The first-order valence-electron chi connectivity index (χ1n) is 3.83. The lowest BCUT2D eigenvalue weighted by molar-refractivity contribution is 0.0480. The van der Waals surface area contributed by atoms with Crippen LogP contribution in [0.25, 0.3) is 0 Å². The van der Waals surface area contributed by atoms with Crippen molar-refractivity contribution in [3.63, 3.8) is 0 Å². The van der Waals surface area contributed by atoms with Crippen LogP contribution in [0, 0.1) is 0 Å². The number of cyclic esters (lactones) is 1. The lowest BCUT2D eigenvalue weighted by Crippen LogP contribution is -2.17. The fraction of sp³-hybridized carbons (Fsp3) is 0.222. The first-order chi connectivity index (χ1) is 6.18. The number of rotatable bonds is 0. The SMILES string of the molecule is O=C1OCCc2cc(Br)c(Cl)cc21. The second kappa shape index (κ2) is 3.31. The summed E-state index contributed by atoms with van der Waals surface area (Å²) in [6, 6.07) is 3.51. The van der Waals surface area contributed by atoms with Crippen LogP contribution in [0.1, 0.15) is 15.9 Å². The van der Waals surface area contributed by atoms with E-state index in [4.69, 9.17) is 16.3 Å². The Kier molecular flexibility index (Phi) is 2.30. The van der Waals surface area contributed by atoms with Crippen LogP contribution in [0.4, 0.5) is 0 Å². The molecule has 0 aliphatic carbocycles. The molecular formula is C9H6BrClO2. The molecule has 4 heteroatoms. The van der Waals surface area contributed by atoms with Gasteiger partial charge in [0.2, 0.25) is 0 Å². The van der Waals surface area contributed by atoms with Crippen LogP contribution >= 0.6 is 27.5 Å². The van der Waals surface area contributed by atoms with Gasteiger partial charge in [0.25, 0.3) is 0 Å². The van der Waals surface area contributed by atoms with E-state index in [1.807, 2.05) is 6.07 Å². The maximum Gasteiger partial charge on any atom is 0.338 e. The number of fused-ring (bicyclic) bond motifs is 1. The zero-order chi connectivity index (χ0) is 9.42. The molecule has 0 bridgehead atoms. The van der Waals surface area contributed by atoms with Gasteiger partial charge in [-0.15, -0.1) is 0 Å². The molecule has 1 aliphatic rings. The van der Waals surface area contributed by atoms with Gasteiger partial charge in [-0.05, 0) is 33.6 Å². The zero-order valence-corrected chi connectivity index (χ0v) is 8.98. The second-order valence-electron chi connectivity index (χ2n) is 2.81. The Labute approximate surface area is 89.0 Å². The average Bonchev–Trinajstić information content (AvgIpc) is 2.09. The summed E-state index contributed by atoms with van der Waals surface area (Å²) in [5.74, 6) is -0.282. The Hall–Kier alpha value is -0.540. The van der Waals surface area contributed by atoms with Gasteiger partial charge in [-0.3, -0.25) is 0 Å². The van der Waals surface area contributed by atoms with Gasteiger partial charge in [0.15, 0.2) is 0 Å². The van der Waals surface area contributed by atoms with Crippen LogP contribution in [0.15, 0.2) is 16.6 Å². The zero-order valence-electron chi connectivity index (χ0n) is 6.64. The standard InChI is InChI=1S/C9H6BrClO2/c10-7-3-5-1-2-13-9(12)6(5)4-8(7)11/h3-4H,1-2H2. The van der Waals surface area contributed by atoms with Gasteiger partial charge in [-0.2, -0.15) is 0 Å². The highest BCUT2D eigenvalue weighted by Gasteiger charge is 2.19. The van der Waals surface area contributed by atoms with E-state index in [2.05, 4.69) is 15.9 Å². The molecule has 0 amide bonds. The number of carbonyl (C=O) groups excluding carboxylic acids is 1. The van der Waals surface area contributed by atoms with E-state index in [9.17, 15) is 4.79 Å². The van der Waals surface area contributed by atoms with Crippen molar-refractivity contribution in [3.8, 4) is 0 Å². The minimum Gasteiger partial charge on any atom is -0.462 e. The molecule has 0 atom stereocenters. The van der Waals surface area contributed by atoms with Crippen LogP contribution < -0.4 is 0 Å². The number of hydrogen-bond acceptors (Lipinski definition) is 2. The summed E-state index contributed by atoms with van der Waals surface area (Å²) in [5.41, 5.74) is 1.58. The molecule has 1 aliphatic heterocycles. The van der Waals surface area contributed by atoms with E-state index < -0.39 is 0 Å². The fourth-order valence-electron chi connectivity index (χ4n) is 1.32. The molecule has 1 aromatic rings. The highest BCUT2D eigenvalue weighted by atomic mass is 79.9. The van der Waals surface area contributed by atoms with Crippen molar-refractivity contribution in [2.24, 2.45) is 0 Å². The number of carbonyl (C=O) groups is 1. The number of esters is 1. The van der Waals surface area contributed by atoms with Crippen molar-refractivity contribution in [3.05, 3.63) is 32.8 Å². The molecule has 0 N–H and O–H groups in total. The summed E-state index contributed by atoms with van der Waals surface area (Å²) in [6.07, 6.45) is 0.761. The minimum atomic E-state index is -0.282. The van der Waals surface area contributed by atoms with Gasteiger partial charge in [0.1, 0.15) is 0 Å². The molecule has 68 valence electrons. The van der Waals surface area contributed by atoms with E-state index >= 15 is 0 Å². The molecule has 1 aromatic carbocycles. The van der Waals surface area contributed by atoms with E-state index in [1.165, 1.54) is 0 Å². The van der Waals surface area contributed by atoms with Crippen molar-refractivity contribution < 1.29 is 9.53 Å². The number of halogens is 2. The predicted octanol–water partition coefficient (Wildman–Crippen LogP) is 2.82. The van der Waals surface area contributed by atoms with E-state index in [-0.39, 0.29) is 5.97 Å². The summed E-state index contributed by atoms with van der Waals surface area (Å²) in [7, 11) is 0. The smallest absolute Gasteiger partial charge is 0.338 e. The molecule has 0 radical (unpaired) electrons. The first kappa shape index (κ1) is 9.03. The van der Waals surface area contributed by atoms with Crippen molar-refractivity contribution in [2.45, 2.75) is 6.42 Å². The van der Waals surface area contributed by atoms with Gasteiger partial charge >= 0.3 is 5.97 Å². The molecule has 0 saturated carbocycles. The van der Waals surface area contributed by atoms with Crippen LogP contribution in [0.2, 0.25) is 5.02 Å². The summed E-state index contributed by atoms with van der Waals surface area (Å²) >= 11 is 9.17. The lowest BCUT2D eigenvalue weighted by atomic mass is 10.0. The molecule has 0 spiro atoms. The Balaban J connectivity index is 2.58. The fourth-order valence-corrected chi connectivity index (χ4v) is 1.87. The molecule has 0 fully saturated rings. The molecule has 1 heterocycles. The van der Waals surface area contributed by atoms with Gasteiger partial charge in [-0.1, -0.05) is 11.6 Å². The Bertz CT molecular complexity index is 376. The van der Waals surface area contributed by atoms with Gasteiger partial charge in [-0.25, -0.2) is 4.79 Å². The number of hydrogen-bond donors (Lipinski definition) is 0. The molecule has 2 nitrogen and oxygen atoms in total. The Morgan fingerprint density at radius 1 is 1.46 bits per heavy atom. The van der Waals surface area contributed by atoms with Crippen molar-refractivity contribution in [1.82, 2.24) is 0 Å². The first-order valence-corrected chi connectivity index (χ1v) is 5.00.